The van der Waals surface area contributed by atoms with Gasteiger partial charge < -0.3 is 15.4 Å². The largest absolute Gasteiger partial charge is 0.466 e. The van der Waals surface area contributed by atoms with Crippen molar-refractivity contribution in [3.05, 3.63) is 0 Å². The molecule has 1 rings (SSSR count). The van der Waals surface area contributed by atoms with E-state index in [1.165, 1.54) is 0 Å². The van der Waals surface area contributed by atoms with Crippen LogP contribution in [0.15, 0.2) is 0 Å². The zero-order valence-electron chi connectivity index (χ0n) is 11.3. The Bertz CT molecular complexity index is 236. The Morgan fingerprint density at radius 3 is 2.47 bits per heavy atom. The van der Waals surface area contributed by atoms with Crippen LogP contribution < -0.4 is 5.73 Å². The molecule has 17 heavy (non-hydrogen) atoms. The van der Waals surface area contributed by atoms with Gasteiger partial charge in [0.15, 0.2) is 0 Å². The van der Waals surface area contributed by atoms with Crippen LogP contribution in [-0.4, -0.2) is 42.6 Å². The van der Waals surface area contributed by atoms with E-state index in [-0.39, 0.29) is 18.1 Å². The Morgan fingerprint density at radius 2 is 2.00 bits per heavy atom. The first-order valence-electron chi connectivity index (χ1n) is 6.69. The summed E-state index contributed by atoms with van der Waals surface area (Å²) in [5, 5.41) is 0. The lowest BCUT2D eigenvalue weighted by atomic mass is 9.90. The standard InChI is InChI=1S/C13H26N2O2/c1-4-17-13(16)9-10(2)15-7-5-12(6-8-15)11(3)14/h10-12H,4-9,14H2,1-3H3. The molecule has 0 amide bonds. The van der Waals surface area contributed by atoms with Crippen LogP contribution in [0.5, 0.6) is 0 Å². The van der Waals surface area contributed by atoms with Gasteiger partial charge in [-0.15, -0.1) is 0 Å². The van der Waals surface area contributed by atoms with E-state index in [1.54, 1.807) is 0 Å². The van der Waals surface area contributed by atoms with Crippen molar-refractivity contribution in [3.63, 3.8) is 0 Å². The first-order chi connectivity index (χ1) is 8.04. The van der Waals surface area contributed by atoms with Crippen LogP contribution in [0.2, 0.25) is 0 Å². The predicted molar refractivity (Wildman–Crippen MR) is 68.7 cm³/mol. The number of carbonyl (C=O) groups excluding carboxylic acids is 1. The number of likely N-dealkylation sites (tertiary alicyclic amines) is 1. The van der Waals surface area contributed by atoms with E-state index in [2.05, 4.69) is 18.7 Å². The molecule has 0 spiro atoms. The Morgan fingerprint density at radius 1 is 1.41 bits per heavy atom. The van der Waals surface area contributed by atoms with E-state index < -0.39 is 0 Å². The number of esters is 1. The lowest BCUT2D eigenvalue weighted by molar-refractivity contribution is -0.144. The quantitative estimate of drug-likeness (QED) is 0.740. The zero-order valence-corrected chi connectivity index (χ0v) is 11.3. The molecule has 1 aliphatic heterocycles. The van der Waals surface area contributed by atoms with E-state index in [4.69, 9.17) is 10.5 Å². The van der Waals surface area contributed by atoms with Gasteiger partial charge in [0.25, 0.3) is 0 Å². The molecule has 0 aromatic rings. The number of ether oxygens (including phenoxy) is 1. The van der Waals surface area contributed by atoms with Crippen molar-refractivity contribution in [3.8, 4) is 0 Å². The summed E-state index contributed by atoms with van der Waals surface area (Å²) in [7, 11) is 0. The first kappa shape index (κ1) is 14.5. The molecule has 0 saturated carbocycles. The monoisotopic (exact) mass is 242 g/mol. The fraction of sp³-hybridized carbons (Fsp3) is 0.923. The maximum absolute atomic E-state index is 11.4. The van der Waals surface area contributed by atoms with Crippen molar-refractivity contribution >= 4 is 5.97 Å². The first-order valence-corrected chi connectivity index (χ1v) is 6.69. The summed E-state index contributed by atoms with van der Waals surface area (Å²) in [5.74, 6) is 0.551. The van der Waals surface area contributed by atoms with Gasteiger partial charge in [-0.05, 0) is 52.6 Å². The van der Waals surface area contributed by atoms with Gasteiger partial charge in [-0.1, -0.05) is 0 Å². The number of piperidine rings is 1. The third-order valence-corrected chi connectivity index (χ3v) is 3.71. The van der Waals surface area contributed by atoms with Gasteiger partial charge in [-0.3, -0.25) is 4.79 Å². The van der Waals surface area contributed by atoms with Crippen LogP contribution >= 0.6 is 0 Å². The van der Waals surface area contributed by atoms with Crippen molar-refractivity contribution in [2.75, 3.05) is 19.7 Å². The number of carbonyl (C=O) groups is 1. The highest BCUT2D eigenvalue weighted by Gasteiger charge is 2.25. The van der Waals surface area contributed by atoms with Gasteiger partial charge in [-0.2, -0.15) is 0 Å². The highest BCUT2D eigenvalue weighted by atomic mass is 16.5. The fourth-order valence-corrected chi connectivity index (χ4v) is 2.48. The van der Waals surface area contributed by atoms with Crippen LogP contribution in [0, 0.1) is 5.92 Å². The van der Waals surface area contributed by atoms with Crippen LogP contribution in [0.3, 0.4) is 0 Å². The summed E-state index contributed by atoms with van der Waals surface area (Å²) in [6.07, 6.45) is 2.78. The van der Waals surface area contributed by atoms with E-state index in [0.29, 0.717) is 18.9 Å². The van der Waals surface area contributed by atoms with E-state index >= 15 is 0 Å². The second kappa shape index (κ2) is 6.97. The topological polar surface area (TPSA) is 55.6 Å². The molecule has 100 valence electrons. The summed E-state index contributed by atoms with van der Waals surface area (Å²) in [4.78, 5) is 13.8. The average molecular weight is 242 g/mol. The summed E-state index contributed by atoms with van der Waals surface area (Å²) >= 11 is 0. The Balaban J connectivity index is 2.30. The molecule has 4 heteroatoms. The minimum absolute atomic E-state index is 0.0886. The Kier molecular flexibility index (Phi) is 5.92. The molecule has 1 fully saturated rings. The van der Waals surface area contributed by atoms with E-state index in [1.807, 2.05) is 6.92 Å². The summed E-state index contributed by atoms with van der Waals surface area (Å²) in [6.45, 7) is 8.60. The van der Waals surface area contributed by atoms with Crippen molar-refractivity contribution in [1.82, 2.24) is 4.90 Å². The third-order valence-electron chi connectivity index (χ3n) is 3.71. The molecule has 1 heterocycles. The summed E-state index contributed by atoms with van der Waals surface area (Å²) in [6, 6.07) is 0.570. The lowest BCUT2D eigenvalue weighted by Gasteiger charge is -2.37. The lowest BCUT2D eigenvalue weighted by Crippen LogP contribution is -2.44. The van der Waals surface area contributed by atoms with Crippen LogP contribution in [0.1, 0.15) is 40.0 Å². The number of hydrogen-bond donors (Lipinski definition) is 1. The second-order valence-corrected chi connectivity index (χ2v) is 5.09. The molecular formula is C13H26N2O2. The molecule has 2 unspecified atom stereocenters. The fourth-order valence-electron chi connectivity index (χ4n) is 2.48. The van der Waals surface area contributed by atoms with Gasteiger partial charge in [0.05, 0.1) is 13.0 Å². The third kappa shape index (κ3) is 4.64. The zero-order chi connectivity index (χ0) is 12.8. The molecule has 0 aliphatic carbocycles. The Labute approximate surface area is 104 Å². The molecule has 1 saturated heterocycles. The van der Waals surface area contributed by atoms with E-state index in [9.17, 15) is 4.79 Å². The van der Waals surface area contributed by atoms with Crippen molar-refractivity contribution in [2.45, 2.75) is 52.1 Å². The van der Waals surface area contributed by atoms with Crippen LogP contribution in [0.4, 0.5) is 0 Å². The second-order valence-electron chi connectivity index (χ2n) is 5.09. The van der Waals surface area contributed by atoms with Gasteiger partial charge in [0.1, 0.15) is 0 Å². The summed E-state index contributed by atoms with van der Waals surface area (Å²) in [5.41, 5.74) is 5.92. The van der Waals surface area contributed by atoms with E-state index in [0.717, 1.165) is 25.9 Å². The maximum Gasteiger partial charge on any atom is 0.307 e. The average Bonchev–Trinajstić information content (AvgIpc) is 2.29. The number of nitrogens with zero attached hydrogens (tertiary/aromatic N) is 1. The number of hydrogen-bond acceptors (Lipinski definition) is 4. The summed E-state index contributed by atoms with van der Waals surface area (Å²) < 4.78 is 4.98. The normalized spacial score (nSPS) is 22.1. The minimum Gasteiger partial charge on any atom is -0.466 e. The Hall–Kier alpha value is -0.610. The maximum atomic E-state index is 11.4. The molecule has 2 N–H and O–H groups in total. The van der Waals surface area contributed by atoms with Crippen molar-refractivity contribution in [2.24, 2.45) is 11.7 Å². The van der Waals surface area contributed by atoms with Crippen molar-refractivity contribution in [1.29, 1.82) is 0 Å². The predicted octanol–water partition coefficient (Wildman–Crippen LogP) is 1.39. The molecule has 0 aromatic carbocycles. The highest BCUT2D eigenvalue weighted by Crippen LogP contribution is 2.21. The highest BCUT2D eigenvalue weighted by molar-refractivity contribution is 5.70. The molecule has 0 aromatic heterocycles. The van der Waals surface area contributed by atoms with Gasteiger partial charge in [0.2, 0.25) is 0 Å². The van der Waals surface area contributed by atoms with Crippen molar-refractivity contribution < 1.29 is 9.53 Å². The van der Waals surface area contributed by atoms with Gasteiger partial charge in [0, 0.05) is 12.1 Å². The van der Waals surface area contributed by atoms with Crippen LogP contribution in [-0.2, 0) is 9.53 Å². The molecule has 1 aliphatic rings. The molecule has 4 nitrogen and oxygen atoms in total. The van der Waals surface area contributed by atoms with Gasteiger partial charge in [-0.25, -0.2) is 0 Å². The molecular weight excluding hydrogens is 216 g/mol. The molecule has 2 atom stereocenters. The number of rotatable bonds is 5. The SMILES string of the molecule is CCOC(=O)CC(C)N1CCC(C(C)N)CC1. The van der Waals surface area contributed by atoms with Crippen LogP contribution in [0.25, 0.3) is 0 Å². The smallest absolute Gasteiger partial charge is 0.307 e. The molecule has 0 radical (unpaired) electrons. The molecule has 0 bridgehead atoms. The number of nitrogens with two attached hydrogens (primary N) is 1. The minimum atomic E-state index is -0.0886. The van der Waals surface area contributed by atoms with Gasteiger partial charge >= 0.3 is 5.97 Å².